The number of aromatic nitrogens is 1. The molecule has 2 aromatic rings. The van der Waals surface area contributed by atoms with Gasteiger partial charge < -0.3 is 5.11 Å². The largest absolute Gasteiger partial charge is 0.493 e. The Morgan fingerprint density at radius 1 is 1.42 bits per heavy atom. The fourth-order valence-corrected chi connectivity index (χ4v) is 2.12. The molecule has 0 aliphatic rings. The predicted molar refractivity (Wildman–Crippen MR) is 85.1 cm³/mol. The van der Waals surface area contributed by atoms with E-state index in [2.05, 4.69) is 10.2 Å². The van der Waals surface area contributed by atoms with Crippen molar-refractivity contribution >= 4 is 28.7 Å². The van der Waals surface area contributed by atoms with Gasteiger partial charge in [0.05, 0.1) is 4.92 Å². The Labute approximate surface area is 140 Å². The van der Waals surface area contributed by atoms with Crippen molar-refractivity contribution in [3.8, 4) is 11.9 Å². The van der Waals surface area contributed by atoms with E-state index in [1.54, 1.807) is 6.07 Å². The summed E-state index contributed by atoms with van der Waals surface area (Å²) in [7, 11) is 1.27. The molecule has 0 saturated heterocycles. The van der Waals surface area contributed by atoms with Gasteiger partial charge in [0.15, 0.2) is 11.4 Å². The summed E-state index contributed by atoms with van der Waals surface area (Å²) in [6.07, 6.45) is 0. The zero-order chi connectivity index (χ0) is 18.0. The molecule has 1 aromatic heterocycles. The molecule has 0 radical (unpaired) electrons. The number of pyridine rings is 1. The van der Waals surface area contributed by atoms with Gasteiger partial charge in [-0.2, -0.15) is 5.26 Å². The van der Waals surface area contributed by atoms with Gasteiger partial charge in [-0.3, -0.25) is 19.5 Å². The predicted octanol–water partition coefficient (Wildman–Crippen LogP) is 3.25. The zero-order valence-electron chi connectivity index (χ0n) is 12.5. The van der Waals surface area contributed by atoms with Crippen LogP contribution in [0.15, 0.2) is 33.2 Å². The first-order valence-electron chi connectivity index (χ1n) is 6.46. The first kappa shape index (κ1) is 17.1. The van der Waals surface area contributed by atoms with E-state index in [1.807, 2.05) is 0 Å². The maximum absolute atomic E-state index is 12.2. The SMILES string of the molecule is Cc1c(C#N)c(O)n(C)c(=O)c1N=Nc1ccc(Cl)cc1[N+](=O)[O-]. The smallest absolute Gasteiger partial charge is 0.298 e. The minimum absolute atomic E-state index is 0.0996. The number of azo groups is 1. The van der Waals surface area contributed by atoms with Gasteiger partial charge in [-0.15, -0.1) is 10.2 Å². The summed E-state index contributed by atoms with van der Waals surface area (Å²) >= 11 is 5.71. The van der Waals surface area contributed by atoms with E-state index in [1.165, 1.54) is 26.1 Å². The first-order valence-corrected chi connectivity index (χ1v) is 6.84. The Balaban J connectivity index is 2.64. The molecule has 2 rings (SSSR count). The van der Waals surface area contributed by atoms with Crippen LogP contribution in [-0.2, 0) is 7.05 Å². The van der Waals surface area contributed by atoms with E-state index in [0.717, 1.165) is 10.6 Å². The first-order chi connectivity index (χ1) is 11.3. The van der Waals surface area contributed by atoms with Crippen molar-refractivity contribution in [3.05, 3.63) is 54.8 Å². The van der Waals surface area contributed by atoms with Crippen LogP contribution >= 0.6 is 11.6 Å². The number of nitriles is 1. The quantitative estimate of drug-likeness (QED) is 0.516. The third-order valence-corrected chi connectivity index (χ3v) is 3.52. The Morgan fingerprint density at radius 3 is 2.67 bits per heavy atom. The standard InChI is InChI=1S/C14H10ClN5O4/c1-7-9(6-16)13(21)19(2)14(22)12(7)18-17-10-4-3-8(15)5-11(10)20(23)24/h3-5,21H,1-2H3. The number of aromatic hydroxyl groups is 1. The van der Waals surface area contributed by atoms with Crippen molar-refractivity contribution < 1.29 is 10.0 Å². The van der Waals surface area contributed by atoms with Gasteiger partial charge in [0, 0.05) is 23.7 Å². The van der Waals surface area contributed by atoms with Gasteiger partial charge in [0.1, 0.15) is 11.6 Å². The lowest BCUT2D eigenvalue weighted by molar-refractivity contribution is -0.384. The summed E-state index contributed by atoms with van der Waals surface area (Å²) in [5.74, 6) is -0.489. The molecule has 0 spiro atoms. The van der Waals surface area contributed by atoms with Gasteiger partial charge in [-0.05, 0) is 19.1 Å². The van der Waals surface area contributed by atoms with Gasteiger partial charge >= 0.3 is 0 Å². The van der Waals surface area contributed by atoms with Crippen LogP contribution in [0.25, 0.3) is 0 Å². The van der Waals surface area contributed by atoms with Crippen molar-refractivity contribution in [1.29, 1.82) is 5.26 Å². The van der Waals surface area contributed by atoms with Crippen LogP contribution in [0.5, 0.6) is 5.88 Å². The van der Waals surface area contributed by atoms with Crippen molar-refractivity contribution in [2.75, 3.05) is 0 Å². The van der Waals surface area contributed by atoms with Gasteiger partial charge in [-0.25, -0.2) is 0 Å². The average molecular weight is 348 g/mol. The van der Waals surface area contributed by atoms with Crippen LogP contribution in [0.1, 0.15) is 11.1 Å². The van der Waals surface area contributed by atoms with Gasteiger partial charge in [0.2, 0.25) is 5.88 Å². The molecular weight excluding hydrogens is 338 g/mol. The van der Waals surface area contributed by atoms with E-state index in [9.17, 15) is 20.0 Å². The molecular formula is C14H10ClN5O4. The topological polar surface area (TPSA) is 134 Å². The Morgan fingerprint density at radius 2 is 2.08 bits per heavy atom. The lowest BCUT2D eigenvalue weighted by Crippen LogP contribution is -2.18. The second kappa shape index (κ2) is 6.47. The number of rotatable bonds is 3. The van der Waals surface area contributed by atoms with Crippen molar-refractivity contribution in [2.45, 2.75) is 6.92 Å². The number of hydrogen-bond acceptors (Lipinski definition) is 7. The molecule has 1 aromatic carbocycles. The molecule has 0 unspecified atom stereocenters. The maximum atomic E-state index is 12.2. The van der Waals surface area contributed by atoms with E-state index < -0.39 is 16.4 Å². The summed E-state index contributed by atoms with van der Waals surface area (Å²) in [6, 6.07) is 5.56. The minimum atomic E-state index is -0.690. The normalized spacial score (nSPS) is 10.8. The molecule has 0 saturated carbocycles. The van der Waals surface area contributed by atoms with E-state index in [4.69, 9.17) is 16.9 Å². The van der Waals surface area contributed by atoms with Crippen molar-refractivity contribution in [1.82, 2.24) is 4.57 Å². The number of benzene rings is 1. The van der Waals surface area contributed by atoms with E-state index >= 15 is 0 Å². The molecule has 0 atom stereocenters. The zero-order valence-corrected chi connectivity index (χ0v) is 13.3. The highest BCUT2D eigenvalue weighted by Crippen LogP contribution is 2.32. The lowest BCUT2D eigenvalue weighted by atomic mass is 10.1. The summed E-state index contributed by atoms with van der Waals surface area (Å²) < 4.78 is 0.843. The van der Waals surface area contributed by atoms with Crippen molar-refractivity contribution in [3.63, 3.8) is 0 Å². The summed E-state index contributed by atoms with van der Waals surface area (Å²) in [5.41, 5.74) is -1.37. The molecule has 0 aliphatic heterocycles. The molecule has 0 aliphatic carbocycles. The monoisotopic (exact) mass is 347 g/mol. The van der Waals surface area contributed by atoms with Crippen LogP contribution in [0.3, 0.4) is 0 Å². The number of halogens is 1. The van der Waals surface area contributed by atoms with Crippen LogP contribution in [0.2, 0.25) is 5.02 Å². The van der Waals surface area contributed by atoms with Gasteiger partial charge in [-0.1, -0.05) is 11.6 Å². The van der Waals surface area contributed by atoms with Crippen LogP contribution in [0, 0.1) is 28.4 Å². The molecule has 9 nitrogen and oxygen atoms in total. The Kier molecular flexibility index (Phi) is 4.61. The van der Waals surface area contributed by atoms with Crippen LogP contribution in [0.4, 0.5) is 17.1 Å². The third-order valence-electron chi connectivity index (χ3n) is 3.28. The summed E-state index contributed by atoms with van der Waals surface area (Å²) in [5, 5.41) is 37.5. The number of hydrogen-bond donors (Lipinski definition) is 1. The molecule has 0 bridgehead atoms. The molecule has 1 heterocycles. The highest BCUT2D eigenvalue weighted by atomic mass is 35.5. The minimum Gasteiger partial charge on any atom is -0.493 e. The second-order valence-electron chi connectivity index (χ2n) is 4.74. The Bertz CT molecular complexity index is 975. The van der Waals surface area contributed by atoms with Crippen LogP contribution < -0.4 is 5.56 Å². The summed E-state index contributed by atoms with van der Waals surface area (Å²) in [4.78, 5) is 22.5. The molecule has 1 N–H and O–H groups in total. The van der Waals surface area contributed by atoms with E-state index in [0.29, 0.717) is 0 Å². The maximum Gasteiger partial charge on any atom is 0.298 e. The molecule has 0 fully saturated rings. The van der Waals surface area contributed by atoms with Crippen molar-refractivity contribution in [2.24, 2.45) is 17.3 Å². The number of nitro groups is 1. The van der Waals surface area contributed by atoms with Gasteiger partial charge in [0.25, 0.3) is 11.2 Å². The fourth-order valence-electron chi connectivity index (χ4n) is 1.95. The highest BCUT2D eigenvalue weighted by Gasteiger charge is 2.18. The molecule has 122 valence electrons. The molecule has 0 amide bonds. The number of nitrogens with zero attached hydrogens (tertiary/aromatic N) is 5. The van der Waals surface area contributed by atoms with Crippen LogP contribution in [-0.4, -0.2) is 14.6 Å². The molecule has 10 heteroatoms. The fraction of sp³-hybridized carbons (Fsp3) is 0.143. The number of nitro benzene ring substituents is 1. The van der Waals surface area contributed by atoms with E-state index in [-0.39, 0.29) is 33.2 Å². The molecule has 24 heavy (non-hydrogen) atoms. The highest BCUT2D eigenvalue weighted by molar-refractivity contribution is 6.30. The lowest BCUT2D eigenvalue weighted by Gasteiger charge is -2.08. The second-order valence-corrected chi connectivity index (χ2v) is 5.17. The Hall–Kier alpha value is -3.25. The third kappa shape index (κ3) is 2.95. The average Bonchev–Trinajstić information content (AvgIpc) is 2.54. The summed E-state index contributed by atoms with van der Waals surface area (Å²) in [6.45, 7) is 1.42.